The van der Waals surface area contributed by atoms with E-state index < -0.39 is 0 Å². The zero-order valence-corrected chi connectivity index (χ0v) is 31.6. The molecule has 0 atom stereocenters. The normalized spacial score (nSPS) is 12.5. The van der Waals surface area contributed by atoms with Crippen LogP contribution in [0.5, 0.6) is 0 Å². The number of hydrogen-bond donors (Lipinski definition) is 1. The van der Waals surface area contributed by atoms with Crippen LogP contribution in [0.25, 0.3) is 64.8 Å². The van der Waals surface area contributed by atoms with Crippen molar-refractivity contribution in [1.82, 2.24) is 4.98 Å². The van der Waals surface area contributed by atoms with Crippen LogP contribution in [0.4, 0.5) is 0 Å². The summed E-state index contributed by atoms with van der Waals surface area (Å²) >= 11 is 0. The third-order valence-corrected chi connectivity index (χ3v) is 10.1. The Morgan fingerprint density at radius 2 is 1.40 bits per heavy atom. The molecule has 1 aromatic heterocycles. The van der Waals surface area contributed by atoms with E-state index in [9.17, 15) is 9.90 Å². The van der Waals surface area contributed by atoms with Gasteiger partial charge in [0.2, 0.25) is 0 Å². The van der Waals surface area contributed by atoms with Crippen molar-refractivity contribution < 1.29 is 30.0 Å². The third kappa shape index (κ3) is 6.33. The summed E-state index contributed by atoms with van der Waals surface area (Å²) in [6.45, 7) is 14.9. The third-order valence-electron chi connectivity index (χ3n) is 10.1. The molecule has 48 heavy (non-hydrogen) atoms. The first-order chi connectivity index (χ1) is 22.6. The predicted octanol–water partition coefficient (Wildman–Crippen LogP) is 12.4. The van der Waals surface area contributed by atoms with Crippen LogP contribution in [0.15, 0.2) is 90.8 Å². The van der Waals surface area contributed by atoms with Crippen molar-refractivity contribution in [1.29, 1.82) is 0 Å². The minimum absolute atomic E-state index is 0. The predicted molar refractivity (Wildman–Crippen MR) is 202 cm³/mol. The average molecular weight is 813 g/mol. The molecule has 0 aliphatic carbocycles. The Labute approximate surface area is 298 Å². The SMILES string of the molecule is CC(C)(C)c1ccc2c(c1)c1cccc3c4cc5ccccc5[c-]c4c4nccc2c4c31.CCC(CC)C(=O)/C=C(\O)C(CC)CC.[Ir]. The molecular formula is C44H46IrNO2-. The van der Waals surface area contributed by atoms with E-state index in [0.717, 1.165) is 42.0 Å². The molecule has 0 aliphatic rings. The van der Waals surface area contributed by atoms with Crippen molar-refractivity contribution in [3.8, 4) is 0 Å². The summed E-state index contributed by atoms with van der Waals surface area (Å²) < 4.78 is 0. The summed E-state index contributed by atoms with van der Waals surface area (Å²) in [5, 5.41) is 23.5. The van der Waals surface area contributed by atoms with Gasteiger partial charge in [-0.1, -0.05) is 113 Å². The fourth-order valence-corrected chi connectivity index (χ4v) is 7.21. The largest absolute Gasteiger partial charge is 0.512 e. The molecule has 0 amide bonds. The quantitative estimate of drug-likeness (QED) is 0.0573. The second-order valence-electron chi connectivity index (χ2n) is 14.0. The summed E-state index contributed by atoms with van der Waals surface area (Å²) in [5.41, 5.74) is 2.52. The summed E-state index contributed by atoms with van der Waals surface area (Å²) in [4.78, 5) is 16.6. The van der Waals surface area contributed by atoms with Crippen LogP contribution in [0.1, 0.15) is 79.7 Å². The molecule has 249 valence electrons. The van der Waals surface area contributed by atoms with Crippen LogP contribution in [-0.2, 0) is 30.3 Å². The van der Waals surface area contributed by atoms with Gasteiger partial charge in [-0.3, -0.25) is 9.78 Å². The molecule has 6 aromatic carbocycles. The van der Waals surface area contributed by atoms with Gasteiger partial charge in [0.1, 0.15) is 0 Å². The van der Waals surface area contributed by atoms with Gasteiger partial charge in [-0.05, 0) is 86.5 Å². The molecule has 0 saturated heterocycles. The molecule has 3 nitrogen and oxygen atoms in total. The van der Waals surface area contributed by atoms with Gasteiger partial charge in [-0.15, -0.1) is 23.6 Å². The maximum absolute atomic E-state index is 11.7. The number of rotatable bonds is 7. The molecular weight excluding hydrogens is 767 g/mol. The van der Waals surface area contributed by atoms with Gasteiger partial charge in [-0.25, -0.2) is 0 Å². The first-order valence-electron chi connectivity index (χ1n) is 17.3. The number of carbonyl (C=O) groups excluding carboxylic acids is 1. The van der Waals surface area contributed by atoms with Crippen molar-refractivity contribution in [2.75, 3.05) is 0 Å². The van der Waals surface area contributed by atoms with Gasteiger partial charge in [0.05, 0.1) is 5.76 Å². The standard InChI is InChI=1S/C31H22N.C13H24O2.Ir/c1-31(2,3)20-11-12-21-24-13-14-32-30-27-16-19-8-5-4-7-18(19)15-25(27)22-9-6-10-23(26(21)17-20)28(22)29(24)30;1-5-10(6-2)12(14)9-13(15)11(7-3)8-4;/h4-15,17H,1-3H3;9-11,14H,5-8H2,1-4H3;/q-1;;/b;12-9-;. The molecule has 1 radical (unpaired) electrons. The molecule has 7 rings (SSSR count). The van der Waals surface area contributed by atoms with Crippen LogP contribution in [0.3, 0.4) is 0 Å². The zero-order chi connectivity index (χ0) is 33.5. The molecule has 7 aromatic rings. The first-order valence-corrected chi connectivity index (χ1v) is 17.3. The van der Waals surface area contributed by atoms with E-state index >= 15 is 0 Å². The smallest absolute Gasteiger partial charge is 0.162 e. The van der Waals surface area contributed by atoms with Gasteiger partial charge in [0, 0.05) is 49.7 Å². The Kier molecular flexibility index (Phi) is 10.6. The Morgan fingerprint density at radius 1 is 0.750 bits per heavy atom. The maximum atomic E-state index is 11.7. The Morgan fingerprint density at radius 3 is 2.06 bits per heavy atom. The average Bonchev–Trinajstić information content (AvgIpc) is 3.08. The number of allylic oxidation sites excluding steroid dienone is 2. The summed E-state index contributed by atoms with van der Waals surface area (Å²) in [6, 6.07) is 30.4. The van der Waals surface area contributed by atoms with Crippen molar-refractivity contribution in [3.05, 3.63) is 102 Å². The van der Waals surface area contributed by atoms with Crippen LogP contribution >= 0.6 is 0 Å². The van der Waals surface area contributed by atoms with Crippen molar-refractivity contribution in [2.45, 2.75) is 79.6 Å². The van der Waals surface area contributed by atoms with E-state index in [0.29, 0.717) is 0 Å². The monoisotopic (exact) mass is 813 g/mol. The van der Waals surface area contributed by atoms with E-state index in [-0.39, 0.29) is 48.9 Å². The van der Waals surface area contributed by atoms with E-state index in [1.165, 1.54) is 60.1 Å². The Hall–Kier alpha value is -3.85. The van der Waals surface area contributed by atoms with Crippen molar-refractivity contribution >= 4 is 70.5 Å². The van der Waals surface area contributed by atoms with Gasteiger partial charge in [0.25, 0.3) is 0 Å². The van der Waals surface area contributed by atoms with Crippen LogP contribution in [-0.4, -0.2) is 15.9 Å². The number of aromatic nitrogens is 1. The molecule has 0 unspecified atom stereocenters. The second-order valence-corrected chi connectivity index (χ2v) is 14.0. The minimum atomic E-state index is 0. The minimum Gasteiger partial charge on any atom is -0.512 e. The summed E-state index contributed by atoms with van der Waals surface area (Å²) in [6.07, 6.45) is 6.87. The molecule has 0 saturated carbocycles. The van der Waals surface area contributed by atoms with E-state index in [1.807, 2.05) is 33.9 Å². The number of carbonyl (C=O) groups is 1. The number of benzene rings is 6. The number of nitrogens with zero attached hydrogens (tertiary/aromatic N) is 1. The van der Waals surface area contributed by atoms with Crippen LogP contribution < -0.4 is 0 Å². The molecule has 0 aliphatic heterocycles. The molecule has 0 bridgehead atoms. The van der Waals surface area contributed by atoms with Gasteiger partial charge in [0.15, 0.2) is 5.78 Å². The number of ketones is 1. The Balaban J connectivity index is 0.000000243. The molecule has 0 fully saturated rings. The number of aliphatic hydroxyl groups is 1. The second kappa shape index (κ2) is 14.3. The summed E-state index contributed by atoms with van der Waals surface area (Å²) in [7, 11) is 0. The van der Waals surface area contributed by atoms with E-state index in [4.69, 9.17) is 4.98 Å². The van der Waals surface area contributed by atoms with Crippen molar-refractivity contribution in [2.24, 2.45) is 11.8 Å². The van der Waals surface area contributed by atoms with E-state index in [1.54, 1.807) is 0 Å². The van der Waals surface area contributed by atoms with Crippen LogP contribution in [0, 0.1) is 17.9 Å². The zero-order valence-electron chi connectivity index (χ0n) is 29.2. The first kappa shape index (κ1) is 35.5. The maximum Gasteiger partial charge on any atom is 0.162 e. The van der Waals surface area contributed by atoms with Gasteiger partial charge < -0.3 is 5.11 Å². The van der Waals surface area contributed by atoms with Gasteiger partial charge in [-0.2, -0.15) is 0 Å². The summed E-state index contributed by atoms with van der Waals surface area (Å²) in [5.74, 6) is 0.547. The number of aliphatic hydroxyl groups excluding tert-OH is 1. The molecule has 4 heteroatoms. The molecule has 1 heterocycles. The number of hydrogen-bond acceptors (Lipinski definition) is 3. The van der Waals surface area contributed by atoms with Crippen molar-refractivity contribution in [3.63, 3.8) is 0 Å². The number of pyridine rings is 1. The Bertz CT molecular complexity index is 2270. The van der Waals surface area contributed by atoms with E-state index in [2.05, 4.69) is 99.6 Å². The van der Waals surface area contributed by atoms with Gasteiger partial charge >= 0.3 is 0 Å². The molecule has 0 spiro atoms. The molecule has 1 N–H and O–H groups in total. The fraction of sp³-hybridized carbons (Fsp3) is 0.318. The van der Waals surface area contributed by atoms with Crippen LogP contribution in [0.2, 0.25) is 0 Å². The topological polar surface area (TPSA) is 50.2 Å². The fourth-order valence-electron chi connectivity index (χ4n) is 7.21. The number of fused-ring (bicyclic) bond motifs is 7.